The third-order valence-corrected chi connectivity index (χ3v) is 3.19. The first-order valence-corrected chi connectivity index (χ1v) is 6.47. The van der Waals surface area contributed by atoms with E-state index in [1.807, 2.05) is 11.8 Å². The van der Waals surface area contributed by atoms with Gasteiger partial charge in [0.15, 0.2) is 0 Å². The molecule has 19 heavy (non-hydrogen) atoms. The Labute approximate surface area is 113 Å². The molecule has 2 rings (SSSR count). The molecule has 1 aliphatic rings. The van der Waals surface area contributed by atoms with Crippen molar-refractivity contribution in [2.24, 2.45) is 0 Å². The number of carbonyl (C=O) groups excluding carboxylic acids is 2. The van der Waals surface area contributed by atoms with E-state index in [2.05, 4.69) is 10.6 Å². The molecule has 1 aromatic rings. The van der Waals surface area contributed by atoms with Gasteiger partial charge < -0.3 is 15.5 Å². The topological polar surface area (TPSA) is 61.4 Å². The molecule has 0 radical (unpaired) electrons. The number of hydrogen-bond acceptors (Lipinski definition) is 3. The summed E-state index contributed by atoms with van der Waals surface area (Å²) in [5.41, 5.74) is 1.26. The van der Waals surface area contributed by atoms with Gasteiger partial charge in [-0.05, 0) is 25.1 Å². The second kappa shape index (κ2) is 5.84. The molecule has 1 heterocycles. The average molecular weight is 261 g/mol. The van der Waals surface area contributed by atoms with Crippen molar-refractivity contribution in [3.63, 3.8) is 0 Å². The molecule has 2 amide bonds. The Bertz CT molecular complexity index is 487. The zero-order chi connectivity index (χ0) is 13.8. The van der Waals surface area contributed by atoms with Crippen LogP contribution in [0.2, 0.25) is 0 Å². The molecular formula is C14H19N3O2. The number of piperazine rings is 1. The van der Waals surface area contributed by atoms with Gasteiger partial charge in [0.2, 0.25) is 5.91 Å². The van der Waals surface area contributed by atoms with Crippen LogP contribution in [0.4, 0.5) is 5.69 Å². The Kier molecular flexibility index (Phi) is 4.16. The van der Waals surface area contributed by atoms with E-state index in [1.165, 1.54) is 6.92 Å². The van der Waals surface area contributed by atoms with Crippen LogP contribution in [0.15, 0.2) is 24.3 Å². The summed E-state index contributed by atoms with van der Waals surface area (Å²) in [6, 6.07) is 7.25. The first kappa shape index (κ1) is 13.5. The largest absolute Gasteiger partial charge is 0.333 e. The minimum Gasteiger partial charge on any atom is -0.333 e. The molecule has 0 bridgehead atoms. The Morgan fingerprint density at radius 2 is 2.21 bits per heavy atom. The SMILES string of the molecule is CC(=O)Nc1cccc(C(=O)N2CCNC[C@@H]2C)c1. The van der Waals surface area contributed by atoms with Crippen LogP contribution in [0.5, 0.6) is 0 Å². The van der Waals surface area contributed by atoms with Crippen molar-refractivity contribution >= 4 is 17.5 Å². The summed E-state index contributed by atoms with van der Waals surface area (Å²) in [5.74, 6) is -0.124. The summed E-state index contributed by atoms with van der Waals surface area (Å²) < 4.78 is 0. The van der Waals surface area contributed by atoms with E-state index in [1.54, 1.807) is 24.3 Å². The summed E-state index contributed by atoms with van der Waals surface area (Å²) in [4.78, 5) is 25.3. The maximum absolute atomic E-state index is 12.4. The maximum Gasteiger partial charge on any atom is 0.254 e. The second-order valence-electron chi connectivity index (χ2n) is 4.81. The number of carbonyl (C=O) groups is 2. The van der Waals surface area contributed by atoms with Crippen molar-refractivity contribution in [1.82, 2.24) is 10.2 Å². The predicted molar refractivity (Wildman–Crippen MR) is 74.1 cm³/mol. The Morgan fingerprint density at radius 3 is 2.89 bits per heavy atom. The van der Waals surface area contributed by atoms with Crippen LogP contribution in [-0.2, 0) is 4.79 Å². The lowest BCUT2D eigenvalue weighted by Crippen LogP contribution is -2.52. The van der Waals surface area contributed by atoms with Crippen LogP contribution in [0.25, 0.3) is 0 Å². The smallest absolute Gasteiger partial charge is 0.254 e. The normalized spacial score (nSPS) is 19.1. The van der Waals surface area contributed by atoms with Crippen LogP contribution in [0, 0.1) is 0 Å². The fourth-order valence-corrected chi connectivity index (χ4v) is 2.24. The van der Waals surface area contributed by atoms with Crippen LogP contribution in [0.1, 0.15) is 24.2 Å². The number of amides is 2. The van der Waals surface area contributed by atoms with Crippen LogP contribution in [0.3, 0.4) is 0 Å². The van der Waals surface area contributed by atoms with Crippen molar-refractivity contribution in [3.05, 3.63) is 29.8 Å². The molecule has 0 spiro atoms. The van der Waals surface area contributed by atoms with Crippen LogP contribution in [-0.4, -0.2) is 42.4 Å². The van der Waals surface area contributed by atoms with Crippen LogP contribution < -0.4 is 10.6 Å². The van der Waals surface area contributed by atoms with Crippen molar-refractivity contribution in [1.29, 1.82) is 0 Å². The van der Waals surface area contributed by atoms with Gasteiger partial charge in [-0.25, -0.2) is 0 Å². The Morgan fingerprint density at radius 1 is 1.42 bits per heavy atom. The molecular weight excluding hydrogens is 242 g/mol. The van der Waals surface area contributed by atoms with Gasteiger partial charge in [0.1, 0.15) is 0 Å². The fraction of sp³-hybridized carbons (Fsp3) is 0.429. The average Bonchev–Trinajstić information content (AvgIpc) is 2.38. The van der Waals surface area contributed by atoms with Crippen molar-refractivity contribution < 1.29 is 9.59 Å². The standard InChI is InChI=1S/C14H19N3O2/c1-10-9-15-6-7-17(10)14(19)12-4-3-5-13(8-12)16-11(2)18/h3-5,8,10,15H,6-7,9H2,1-2H3,(H,16,18)/t10-/m0/s1. The molecule has 1 saturated heterocycles. The summed E-state index contributed by atoms with van der Waals surface area (Å²) in [5, 5.41) is 5.95. The molecule has 0 aromatic heterocycles. The fourth-order valence-electron chi connectivity index (χ4n) is 2.24. The summed E-state index contributed by atoms with van der Waals surface area (Å²) in [6.45, 7) is 5.83. The number of hydrogen-bond donors (Lipinski definition) is 2. The van der Waals surface area contributed by atoms with E-state index in [4.69, 9.17) is 0 Å². The highest BCUT2D eigenvalue weighted by Crippen LogP contribution is 2.15. The molecule has 1 atom stereocenters. The van der Waals surface area contributed by atoms with Gasteiger partial charge in [0.25, 0.3) is 5.91 Å². The number of rotatable bonds is 2. The van der Waals surface area contributed by atoms with E-state index < -0.39 is 0 Å². The van der Waals surface area contributed by atoms with Gasteiger partial charge >= 0.3 is 0 Å². The highest BCUT2D eigenvalue weighted by molar-refractivity contribution is 5.97. The third-order valence-electron chi connectivity index (χ3n) is 3.19. The predicted octanol–water partition coefficient (Wildman–Crippen LogP) is 1.08. The molecule has 1 aliphatic heterocycles. The quantitative estimate of drug-likeness (QED) is 0.837. The van der Waals surface area contributed by atoms with E-state index in [9.17, 15) is 9.59 Å². The Hall–Kier alpha value is -1.88. The van der Waals surface area contributed by atoms with E-state index >= 15 is 0 Å². The van der Waals surface area contributed by atoms with Crippen LogP contribution >= 0.6 is 0 Å². The van der Waals surface area contributed by atoms with Crippen molar-refractivity contribution in [2.45, 2.75) is 19.9 Å². The molecule has 1 aromatic carbocycles. The molecule has 5 heteroatoms. The monoisotopic (exact) mass is 261 g/mol. The van der Waals surface area contributed by atoms with Gasteiger partial charge in [-0.2, -0.15) is 0 Å². The van der Waals surface area contributed by atoms with E-state index in [-0.39, 0.29) is 17.9 Å². The van der Waals surface area contributed by atoms with E-state index in [0.29, 0.717) is 17.8 Å². The highest BCUT2D eigenvalue weighted by atomic mass is 16.2. The van der Waals surface area contributed by atoms with Gasteiger partial charge in [-0.3, -0.25) is 9.59 Å². The Balaban J connectivity index is 2.16. The van der Waals surface area contributed by atoms with Crippen molar-refractivity contribution in [3.8, 4) is 0 Å². The molecule has 0 saturated carbocycles. The maximum atomic E-state index is 12.4. The van der Waals surface area contributed by atoms with Gasteiger partial charge in [0, 0.05) is 43.9 Å². The highest BCUT2D eigenvalue weighted by Gasteiger charge is 2.23. The van der Waals surface area contributed by atoms with Crippen molar-refractivity contribution in [2.75, 3.05) is 25.0 Å². The van der Waals surface area contributed by atoms with Gasteiger partial charge in [-0.15, -0.1) is 0 Å². The number of benzene rings is 1. The molecule has 2 N–H and O–H groups in total. The lowest BCUT2D eigenvalue weighted by molar-refractivity contribution is -0.114. The first-order valence-electron chi connectivity index (χ1n) is 6.47. The minimum atomic E-state index is -0.139. The molecule has 5 nitrogen and oxygen atoms in total. The molecule has 0 unspecified atom stereocenters. The molecule has 0 aliphatic carbocycles. The van der Waals surface area contributed by atoms with Gasteiger partial charge in [0.05, 0.1) is 0 Å². The third kappa shape index (κ3) is 3.32. The number of anilines is 1. The zero-order valence-electron chi connectivity index (χ0n) is 11.3. The molecule has 102 valence electrons. The number of nitrogens with one attached hydrogen (secondary N) is 2. The summed E-state index contributed by atoms with van der Waals surface area (Å²) in [7, 11) is 0. The summed E-state index contributed by atoms with van der Waals surface area (Å²) >= 11 is 0. The lowest BCUT2D eigenvalue weighted by atomic mass is 10.1. The lowest BCUT2D eigenvalue weighted by Gasteiger charge is -2.34. The van der Waals surface area contributed by atoms with Gasteiger partial charge in [-0.1, -0.05) is 6.07 Å². The number of nitrogens with zero attached hydrogens (tertiary/aromatic N) is 1. The second-order valence-corrected chi connectivity index (χ2v) is 4.81. The zero-order valence-corrected chi connectivity index (χ0v) is 11.3. The molecule has 1 fully saturated rings. The van der Waals surface area contributed by atoms with E-state index in [0.717, 1.165) is 13.1 Å². The first-order chi connectivity index (χ1) is 9.08. The summed E-state index contributed by atoms with van der Waals surface area (Å²) in [6.07, 6.45) is 0. The minimum absolute atomic E-state index is 0.0150.